The molecule has 3 rings (SSSR count). The molecule has 6 nitrogen and oxygen atoms in total. The number of nitrogens with one attached hydrogen (secondary N) is 3. The van der Waals surface area contributed by atoms with Crippen LogP contribution in [-0.4, -0.2) is 37.6 Å². The van der Waals surface area contributed by atoms with E-state index in [0.29, 0.717) is 18.8 Å². The second kappa shape index (κ2) is 6.24. The van der Waals surface area contributed by atoms with Gasteiger partial charge >= 0.3 is 0 Å². The van der Waals surface area contributed by atoms with E-state index in [1.54, 1.807) is 24.3 Å². The van der Waals surface area contributed by atoms with Gasteiger partial charge in [-0.25, -0.2) is 0 Å². The largest absolute Gasteiger partial charge is 0.366 e. The number of ether oxygens (including phenoxy) is 1. The summed E-state index contributed by atoms with van der Waals surface area (Å²) >= 11 is 0. The Morgan fingerprint density at radius 3 is 2.19 bits per heavy atom. The molecule has 0 aromatic heterocycles. The standard InChI is InChI=1S/C15H19N3O3/c19-14(10-1-2-10)17-11-3-5-12(6-4-11)18-15(20)13-9-16-7-8-21-13/h3-6,10,13,16H,1-2,7-9H2,(H,17,19)(H,18,20). The van der Waals surface area contributed by atoms with Crippen molar-refractivity contribution in [2.45, 2.75) is 18.9 Å². The zero-order chi connectivity index (χ0) is 14.7. The van der Waals surface area contributed by atoms with E-state index in [9.17, 15) is 9.59 Å². The van der Waals surface area contributed by atoms with Gasteiger partial charge in [-0.15, -0.1) is 0 Å². The highest BCUT2D eigenvalue weighted by molar-refractivity contribution is 5.96. The van der Waals surface area contributed by atoms with Crippen molar-refractivity contribution in [1.82, 2.24) is 5.32 Å². The van der Waals surface area contributed by atoms with E-state index in [1.165, 1.54) is 0 Å². The quantitative estimate of drug-likeness (QED) is 0.771. The summed E-state index contributed by atoms with van der Waals surface area (Å²) in [4.78, 5) is 23.6. The predicted molar refractivity (Wildman–Crippen MR) is 79.0 cm³/mol. The molecule has 2 fully saturated rings. The number of carbonyl (C=O) groups is 2. The van der Waals surface area contributed by atoms with Crippen molar-refractivity contribution >= 4 is 23.2 Å². The molecule has 1 atom stereocenters. The smallest absolute Gasteiger partial charge is 0.254 e. The zero-order valence-corrected chi connectivity index (χ0v) is 11.7. The number of hydrogen-bond acceptors (Lipinski definition) is 4. The molecule has 21 heavy (non-hydrogen) atoms. The molecule has 1 aromatic carbocycles. The third kappa shape index (κ3) is 3.80. The lowest BCUT2D eigenvalue weighted by Gasteiger charge is -2.22. The maximum absolute atomic E-state index is 12.0. The number of benzene rings is 1. The molecule has 1 aliphatic carbocycles. The Balaban J connectivity index is 1.53. The predicted octanol–water partition coefficient (Wildman–Crippen LogP) is 0.962. The number of amides is 2. The number of rotatable bonds is 4. The van der Waals surface area contributed by atoms with Gasteiger partial charge < -0.3 is 20.7 Å². The molecule has 0 spiro atoms. The van der Waals surface area contributed by atoms with Crippen molar-refractivity contribution < 1.29 is 14.3 Å². The SMILES string of the molecule is O=C(Nc1ccc(NC(=O)C2CNCCO2)cc1)C1CC1. The van der Waals surface area contributed by atoms with Crippen LogP contribution in [0.5, 0.6) is 0 Å². The van der Waals surface area contributed by atoms with E-state index in [4.69, 9.17) is 4.74 Å². The maximum atomic E-state index is 12.0. The van der Waals surface area contributed by atoms with Gasteiger partial charge in [0.15, 0.2) is 0 Å². The first-order valence-corrected chi connectivity index (χ1v) is 7.26. The minimum Gasteiger partial charge on any atom is -0.366 e. The fourth-order valence-corrected chi connectivity index (χ4v) is 2.18. The molecule has 1 aliphatic heterocycles. The van der Waals surface area contributed by atoms with Gasteiger partial charge in [0.05, 0.1) is 6.61 Å². The lowest BCUT2D eigenvalue weighted by atomic mass is 10.2. The van der Waals surface area contributed by atoms with E-state index < -0.39 is 6.10 Å². The number of morpholine rings is 1. The van der Waals surface area contributed by atoms with Crippen LogP contribution in [0.1, 0.15) is 12.8 Å². The summed E-state index contributed by atoms with van der Waals surface area (Å²) in [6.07, 6.45) is 1.51. The number of anilines is 2. The molecule has 0 radical (unpaired) electrons. The van der Waals surface area contributed by atoms with Crippen molar-refractivity contribution in [2.75, 3.05) is 30.3 Å². The number of hydrogen-bond donors (Lipinski definition) is 3. The molecule has 3 N–H and O–H groups in total. The Kier molecular flexibility index (Phi) is 4.17. The summed E-state index contributed by atoms with van der Waals surface area (Å²) in [6, 6.07) is 7.12. The Morgan fingerprint density at radius 2 is 1.67 bits per heavy atom. The Labute approximate surface area is 123 Å². The summed E-state index contributed by atoms with van der Waals surface area (Å²) < 4.78 is 5.39. The molecule has 0 bridgehead atoms. The van der Waals surface area contributed by atoms with E-state index >= 15 is 0 Å². The Bertz CT molecular complexity index is 519. The van der Waals surface area contributed by atoms with Crippen LogP contribution in [-0.2, 0) is 14.3 Å². The summed E-state index contributed by atoms with van der Waals surface area (Å²) in [7, 11) is 0. The average Bonchev–Trinajstić information content (AvgIpc) is 3.35. The Morgan fingerprint density at radius 1 is 1.05 bits per heavy atom. The third-order valence-corrected chi connectivity index (χ3v) is 3.59. The first-order chi connectivity index (χ1) is 10.2. The molecule has 1 aromatic rings. The van der Waals surface area contributed by atoms with Gasteiger partial charge in [0, 0.05) is 30.4 Å². The Hall–Kier alpha value is -1.92. The lowest BCUT2D eigenvalue weighted by Crippen LogP contribution is -2.45. The van der Waals surface area contributed by atoms with Crippen LogP contribution >= 0.6 is 0 Å². The van der Waals surface area contributed by atoms with E-state index in [1.807, 2.05) is 0 Å². The average molecular weight is 289 g/mol. The molecule has 1 saturated carbocycles. The van der Waals surface area contributed by atoms with Crippen molar-refractivity contribution in [3.8, 4) is 0 Å². The van der Waals surface area contributed by atoms with Gasteiger partial charge in [0.1, 0.15) is 6.10 Å². The van der Waals surface area contributed by atoms with Crippen LogP contribution in [0, 0.1) is 5.92 Å². The van der Waals surface area contributed by atoms with Crippen LogP contribution in [0.3, 0.4) is 0 Å². The van der Waals surface area contributed by atoms with Gasteiger partial charge in [-0.2, -0.15) is 0 Å². The van der Waals surface area contributed by atoms with E-state index in [2.05, 4.69) is 16.0 Å². The minimum atomic E-state index is -0.451. The fourth-order valence-electron chi connectivity index (χ4n) is 2.18. The molecule has 1 heterocycles. The summed E-state index contributed by atoms with van der Waals surface area (Å²) in [5, 5.41) is 8.79. The van der Waals surface area contributed by atoms with Crippen LogP contribution in [0.15, 0.2) is 24.3 Å². The third-order valence-electron chi connectivity index (χ3n) is 3.59. The van der Waals surface area contributed by atoms with Crippen molar-refractivity contribution in [2.24, 2.45) is 5.92 Å². The maximum Gasteiger partial charge on any atom is 0.254 e. The van der Waals surface area contributed by atoms with Crippen molar-refractivity contribution in [3.05, 3.63) is 24.3 Å². The lowest BCUT2D eigenvalue weighted by molar-refractivity contribution is -0.128. The summed E-state index contributed by atoms with van der Waals surface area (Å²) in [6.45, 7) is 1.85. The van der Waals surface area contributed by atoms with Crippen molar-refractivity contribution in [1.29, 1.82) is 0 Å². The molecule has 1 unspecified atom stereocenters. The number of carbonyl (C=O) groups excluding carboxylic acids is 2. The molecule has 1 saturated heterocycles. The van der Waals surface area contributed by atoms with Crippen LogP contribution in [0.25, 0.3) is 0 Å². The summed E-state index contributed by atoms with van der Waals surface area (Å²) in [5.74, 6) is 0.103. The van der Waals surface area contributed by atoms with Crippen LogP contribution in [0.2, 0.25) is 0 Å². The molecule has 6 heteroatoms. The molecular weight excluding hydrogens is 270 g/mol. The second-order valence-electron chi connectivity index (χ2n) is 5.39. The monoisotopic (exact) mass is 289 g/mol. The highest BCUT2D eigenvalue weighted by atomic mass is 16.5. The molecule has 112 valence electrons. The minimum absolute atomic E-state index is 0.0773. The van der Waals surface area contributed by atoms with Crippen molar-refractivity contribution in [3.63, 3.8) is 0 Å². The second-order valence-corrected chi connectivity index (χ2v) is 5.39. The van der Waals surface area contributed by atoms with Gasteiger partial charge in [0.25, 0.3) is 5.91 Å². The van der Waals surface area contributed by atoms with E-state index in [-0.39, 0.29) is 17.7 Å². The molecule has 2 amide bonds. The molecule has 2 aliphatic rings. The molecular formula is C15H19N3O3. The summed E-state index contributed by atoms with van der Waals surface area (Å²) in [5.41, 5.74) is 1.44. The first kappa shape index (κ1) is 14.0. The topological polar surface area (TPSA) is 79.5 Å². The normalized spacial score (nSPS) is 21.6. The van der Waals surface area contributed by atoms with Gasteiger partial charge in [-0.3, -0.25) is 9.59 Å². The van der Waals surface area contributed by atoms with Gasteiger partial charge in [-0.05, 0) is 37.1 Å². The van der Waals surface area contributed by atoms with Crippen LogP contribution < -0.4 is 16.0 Å². The highest BCUT2D eigenvalue weighted by Crippen LogP contribution is 2.30. The fraction of sp³-hybridized carbons (Fsp3) is 0.467. The zero-order valence-electron chi connectivity index (χ0n) is 11.7. The van der Waals surface area contributed by atoms with Gasteiger partial charge in [-0.1, -0.05) is 0 Å². The van der Waals surface area contributed by atoms with Gasteiger partial charge in [0.2, 0.25) is 5.91 Å². The highest BCUT2D eigenvalue weighted by Gasteiger charge is 2.29. The van der Waals surface area contributed by atoms with Crippen LogP contribution in [0.4, 0.5) is 11.4 Å². The van der Waals surface area contributed by atoms with E-state index in [0.717, 1.165) is 25.1 Å². The first-order valence-electron chi connectivity index (χ1n) is 7.26.